The van der Waals surface area contributed by atoms with Gasteiger partial charge >= 0.3 is 0 Å². The van der Waals surface area contributed by atoms with Crippen LogP contribution in [0.5, 0.6) is 0 Å². The Hall–Kier alpha value is -1.88. The molecular formula is C16H22N2O3. The third-order valence-corrected chi connectivity index (χ3v) is 3.76. The molecular weight excluding hydrogens is 268 g/mol. The zero-order chi connectivity index (χ0) is 15.6. The molecule has 0 bridgehead atoms. The molecule has 1 aromatic rings. The fourth-order valence-corrected chi connectivity index (χ4v) is 2.55. The molecule has 21 heavy (non-hydrogen) atoms. The molecule has 1 aliphatic heterocycles. The Morgan fingerprint density at radius 3 is 2.48 bits per heavy atom. The van der Waals surface area contributed by atoms with E-state index in [2.05, 4.69) is 5.32 Å². The number of methoxy groups -OCH3 is 1. The molecule has 5 nitrogen and oxygen atoms in total. The quantitative estimate of drug-likeness (QED) is 0.914. The van der Waals surface area contributed by atoms with Crippen LogP contribution in [0, 0.1) is 0 Å². The van der Waals surface area contributed by atoms with E-state index in [1.807, 2.05) is 37.3 Å². The van der Waals surface area contributed by atoms with Gasteiger partial charge in [-0.1, -0.05) is 30.3 Å². The Balaban J connectivity index is 2.39. The lowest BCUT2D eigenvalue weighted by Gasteiger charge is -2.43. The molecule has 2 amide bonds. The van der Waals surface area contributed by atoms with Crippen molar-refractivity contribution >= 4 is 11.8 Å². The third-order valence-electron chi connectivity index (χ3n) is 3.76. The van der Waals surface area contributed by atoms with Gasteiger partial charge in [-0.15, -0.1) is 0 Å². The number of carbonyl (C=O) groups is 2. The molecule has 0 saturated carbocycles. The molecule has 114 valence electrons. The third kappa shape index (κ3) is 3.08. The molecule has 1 fully saturated rings. The van der Waals surface area contributed by atoms with Crippen LogP contribution in [0.15, 0.2) is 30.3 Å². The SMILES string of the molecule is COC(C)CN1C(=O)C(C)(C)NC(=O)C1c1ccccc1. The van der Waals surface area contributed by atoms with Crippen LogP contribution in [0.1, 0.15) is 32.4 Å². The number of nitrogens with one attached hydrogen (secondary N) is 1. The summed E-state index contributed by atoms with van der Waals surface area (Å²) in [6.07, 6.45) is -0.137. The highest BCUT2D eigenvalue weighted by molar-refractivity contribution is 5.99. The normalized spacial score (nSPS) is 22.9. The van der Waals surface area contributed by atoms with Crippen molar-refractivity contribution in [1.82, 2.24) is 10.2 Å². The van der Waals surface area contributed by atoms with E-state index in [0.29, 0.717) is 6.54 Å². The van der Waals surface area contributed by atoms with Crippen molar-refractivity contribution in [3.63, 3.8) is 0 Å². The molecule has 0 aromatic heterocycles. The van der Waals surface area contributed by atoms with Crippen LogP contribution in [0.3, 0.4) is 0 Å². The van der Waals surface area contributed by atoms with Gasteiger partial charge in [-0.25, -0.2) is 0 Å². The van der Waals surface area contributed by atoms with Crippen molar-refractivity contribution in [2.24, 2.45) is 0 Å². The molecule has 0 radical (unpaired) electrons. The number of benzene rings is 1. The second-order valence-electron chi connectivity index (χ2n) is 5.93. The first-order valence-corrected chi connectivity index (χ1v) is 7.07. The largest absolute Gasteiger partial charge is 0.380 e. The molecule has 1 saturated heterocycles. The zero-order valence-corrected chi connectivity index (χ0v) is 12.9. The standard InChI is InChI=1S/C16H22N2O3/c1-11(21-4)10-18-13(12-8-6-5-7-9-12)14(19)17-16(2,3)15(18)20/h5-9,11,13H,10H2,1-4H3,(H,17,19). The number of hydrogen-bond acceptors (Lipinski definition) is 3. The topological polar surface area (TPSA) is 58.6 Å². The number of piperazine rings is 1. The summed E-state index contributed by atoms with van der Waals surface area (Å²) in [7, 11) is 1.60. The molecule has 0 spiro atoms. The van der Waals surface area contributed by atoms with E-state index in [4.69, 9.17) is 4.74 Å². The molecule has 2 unspecified atom stereocenters. The predicted molar refractivity (Wildman–Crippen MR) is 79.6 cm³/mol. The van der Waals surface area contributed by atoms with Crippen molar-refractivity contribution in [3.8, 4) is 0 Å². The highest BCUT2D eigenvalue weighted by Crippen LogP contribution is 2.29. The van der Waals surface area contributed by atoms with Gasteiger partial charge in [-0.3, -0.25) is 9.59 Å². The minimum Gasteiger partial charge on any atom is -0.380 e. The van der Waals surface area contributed by atoms with Gasteiger partial charge in [0.1, 0.15) is 11.6 Å². The summed E-state index contributed by atoms with van der Waals surface area (Å²) in [4.78, 5) is 26.8. The average molecular weight is 290 g/mol. The number of hydrogen-bond donors (Lipinski definition) is 1. The lowest BCUT2D eigenvalue weighted by Crippen LogP contribution is -2.65. The first-order chi connectivity index (χ1) is 9.86. The van der Waals surface area contributed by atoms with Gasteiger partial charge in [0, 0.05) is 13.7 Å². The van der Waals surface area contributed by atoms with E-state index >= 15 is 0 Å². The van der Waals surface area contributed by atoms with Gasteiger partial charge in [-0.2, -0.15) is 0 Å². The lowest BCUT2D eigenvalue weighted by atomic mass is 9.93. The zero-order valence-electron chi connectivity index (χ0n) is 12.9. The second-order valence-corrected chi connectivity index (χ2v) is 5.93. The molecule has 5 heteroatoms. The monoisotopic (exact) mass is 290 g/mol. The van der Waals surface area contributed by atoms with Gasteiger partial charge in [-0.05, 0) is 26.3 Å². The van der Waals surface area contributed by atoms with Crippen LogP contribution in [0.4, 0.5) is 0 Å². The fraction of sp³-hybridized carbons (Fsp3) is 0.500. The van der Waals surface area contributed by atoms with Crippen LogP contribution >= 0.6 is 0 Å². The number of rotatable bonds is 4. The van der Waals surface area contributed by atoms with E-state index in [1.165, 1.54) is 0 Å². The van der Waals surface area contributed by atoms with E-state index in [0.717, 1.165) is 5.56 Å². The Labute approximate surface area is 125 Å². The van der Waals surface area contributed by atoms with Crippen LogP contribution in [-0.4, -0.2) is 42.0 Å². The molecule has 0 aliphatic carbocycles. The molecule has 1 aromatic carbocycles. The summed E-state index contributed by atoms with van der Waals surface area (Å²) in [6, 6.07) is 8.73. The summed E-state index contributed by atoms with van der Waals surface area (Å²) in [5.41, 5.74) is -0.0855. The van der Waals surface area contributed by atoms with Crippen LogP contribution in [-0.2, 0) is 14.3 Å². The lowest BCUT2D eigenvalue weighted by molar-refractivity contribution is -0.155. The van der Waals surface area contributed by atoms with Gasteiger partial charge in [0.2, 0.25) is 11.8 Å². The van der Waals surface area contributed by atoms with Crippen molar-refractivity contribution in [2.45, 2.75) is 38.5 Å². The Morgan fingerprint density at radius 1 is 1.29 bits per heavy atom. The Morgan fingerprint density at radius 2 is 1.90 bits per heavy atom. The molecule has 1 heterocycles. The smallest absolute Gasteiger partial charge is 0.248 e. The summed E-state index contributed by atoms with van der Waals surface area (Å²) in [5.74, 6) is -0.256. The average Bonchev–Trinajstić information content (AvgIpc) is 2.45. The number of nitrogens with zero attached hydrogens (tertiary/aromatic N) is 1. The first kappa shape index (κ1) is 15.5. The number of ether oxygens (including phenoxy) is 1. The van der Waals surface area contributed by atoms with Gasteiger partial charge in [0.25, 0.3) is 0 Å². The number of carbonyl (C=O) groups excluding carboxylic acids is 2. The molecule has 2 atom stereocenters. The summed E-state index contributed by atoms with van der Waals surface area (Å²) >= 11 is 0. The van der Waals surface area contributed by atoms with Crippen molar-refractivity contribution in [3.05, 3.63) is 35.9 Å². The Bertz CT molecular complexity index is 528. The van der Waals surface area contributed by atoms with Crippen LogP contribution in [0.25, 0.3) is 0 Å². The van der Waals surface area contributed by atoms with E-state index in [1.54, 1.807) is 25.9 Å². The number of amides is 2. The Kier molecular flexibility index (Phi) is 4.32. The van der Waals surface area contributed by atoms with Gasteiger partial charge in [0.15, 0.2) is 0 Å². The summed E-state index contributed by atoms with van der Waals surface area (Å²) < 4.78 is 5.26. The van der Waals surface area contributed by atoms with E-state index in [9.17, 15) is 9.59 Å². The van der Waals surface area contributed by atoms with Crippen molar-refractivity contribution in [2.75, 3.05) is 13.7 Å². The highest BCUT2D eigenvalue weighted by Gasteiger charge is 2.46. The van der Waals surface area contributed by atoms with Crippen LogP contribution < -0.4 is 5.32 Å². The second kappa shape index (κ2) is 5.85. The highest BCUT2D eigenvalue weighted by atomic mass is 16.5. The maximum atomic E-state index is 12.7. The van der Waals surface area contributed by atoms with Gasteiger partial charge in [0.05, 0.1) is 6.10 Å². The van der Waals surface area contributed by atoms with Crippen molar-refractivity contribution < 1.29 is 14.3 Å². The summed E-state index contributed by atoms with van der Waals surface area (Å²) in [5, 5.41) is 2.80. The van der Waals surface area contributed by atoms with E-state index in [-0.39, 0.29) is 17.9 Å². The maximum Gasteiger partial charge on any atom is 0.248 e. The first-order valence-electron chi connectivity index (χ1n) is 7.07. The van der Waals surface area contributed by atoms with Crippen molar-refractivity contribution in [1.29, 1.82) is 0 Å². The molecule has 1 aliphatic rings. The van der Waals surface area contributed by atoms with E-state index < -0.39 is 11.6 Å². The summed E-state index contributed by atoms with van der Waals surface area (Å²) in [6.45, 7) is 5.71. The van der Waals surface area contributed by atoms with Crippen LogP contribution in [0.2, 0.25) is 0 Å². The molecule has 1 N–H and O–H groups in total. The fourth-order valence-electron chi connectivity index (χ4n) is 2.55. The molecule has 2 rings (SSSR count). The minimum absolute atomic E-state index is 0.0974. The maximum absolute atomic E-state index is 12.7. The van der Waals surface area contributed by atoms with Gasteiger partial charge < -0.3 is 15.0 Å². The predicted octanol–water partition coefficient (Wildman–Crippen LogP) is 1.50. The minimum atomic E-state index is -0.893.